The van der Waals surface area contributed by atoms with Gasteiger partial charge in [-0.25, -0.2) is 9.97 Å². The molecule has 0 aliphatic rings. The number of rotatable bonds is 3. The molecule has 0 atom stereocenters. The number of pyridine rings is 1. The van der Waals surface area contributed by atoms with Gasteiger partial charge in [0.1, 0.15) is 5.82 Å². The Labute approximate surface area is 116 Å². The highest BCUT2D eigenvalue weighted by Gasteiger charge is 2.15. The highest BCUT2D eigenvalue weighted by Crippen LogP contribution is 2.37. The lowest BCUT2D eigenvalue weighted by Gasteiger charge is -2.10. The van der Waals surface area contributed by atoms with Crippen LogP contribution < -0.4 is 9.47 Å². The molecule has 0 amide bonds. The van der Waals surface area contributed by atoms with Crippen LogP contribution >= 0.6 is 0 Å². The van der Waals surface area contributed by atoms with Crippen molar-refractivity contribution in [2.75, 3.05) is 14.2 Å². The van der Waals surface area contributed by atoms with Gasteiger partial charge in [0.25, 0.3) is 0 Å². The summed E-state index contributed by atoms with van der Waals surface area (Å²) < 4.78 is 10.8. The SMILES string of the molecule is COc1cccc(-c2nc3nccc(C)c3[nH]2)c1OC. The molecule has 2 aromatic heterocycles. The average Bonchev–Trinajstić information content (AvgIpc) is 2.91. The van der Waals surface area contributed by atoms with E-state index in [0.717, 1.165) is 22.5 Å². The molecule has 1 aromatic carbocycles. The lowest BCUT2D eigenvalue weighted by Crippen LogP contribution is -1.93. The van der Waals surface area contributed by atoms with E-state index in [2.05, 4.69) is 15.0 Å². The van der Waals surface area contributed by atoms with Crippen molar-refractivity contribution < 1.29 is 9.47 Å². The van der Waals surface area contributed by atoms with Crippen LogP contribution in [0.3, 0.4) is 0 Å². The van der Waals surface area contributed by atoms with Gasteiger partial charge in [-0.2, -0.15) is 0 Å². The van der Waals surface area contributed by atoms with Crippen molar-refractivity contribution in [2.45, 2.75) is 6.92 Å². The molecular formula is C15H15N3O2. The Kier molecular flexibility index (Phi) is 3.02. The predicted molar refractivity (Wildman–Crippen MR) is 77.2 cm³/mol. The summed E-state index contributed by atoms with van der Waals surface area (Å²) in [5.74, 6) is 2.05. The Morgan fingerprint density at radius 1 is 1.10 bits per heavy atom. The van der Waals surface area contributed by atoms with Gasteiger partial charge in [-0.05, 0) is 30.7 Å². The number of aryl methyl sites for hydroxylation is 1. The standard InChI is InChI=1S/C15H15N3O2/c1-9-7-8-16-15-12(9)17-14(18-15)10-5-4-6-11(19-2)13(10)20-3/h4-8H,1-3H3,(H,16,17,18). The number of fused-ring (bicyclic) bond motifs is 1. The normalized spacial score (nSPS) is 10.8. The van der Waals surface area contributed by atoms with Crippen LogP contribution in [-0.4, -0.2) is 29.2 Å². The van der Waals surface area contributed by atoms with Crippen LogP contribution in [0, 0.1) is 6.92 Å². The highest BCUT2D eigenvalue weighted by atomic mass is 16.5. The number of nitrogens with zero attached hydrogens (tertiary/aromatic N) is 2. The molecule has 0 radical (unpaired) electrons. The van der Waals surface area contributed by atoms with E-state index in [1.54, 1.807) is 20.4 Å². The average molecular weight is 269 g/mol. The number of aromatic amines is 1. The van der Waals surface area contributed by atoms with Crippen LogP contribution in [0.4, 0.5) is 0 Å². The van der Waals surface area contributed by atoms with Gasteiger partial charge in [-0.3, -0.25) is 0 Å². The second-order valence-corrected chi connectivity index (χ2v) is 4.45. The van der Waals surface area contributed by atoms with Gasteiger partial charge in [0.2, 0.25) is 0 Å². The molecule has 3 aromatic rings. The van der Waals surface area contributed by atoms with Gasteiger partial charge in [-0.1, -0.05) is 6.07 Å². The van der Waals surface area contributed by atoms with Crippen molar-refractivity contribution >= 4 is 11.2 Å². The summed E-state index contributed by atoms with van der Waals surface area (Å²) in [7, 11) is 3.24. The minimum absolute atomic E-state index is 0.659. The molecule has 0 unspecified atom stereocenters. The first-order valence-electron chi connectivity index (χ1n) is 6.27. The van der Waals surface area contributed by atoms with Crippen molar-refractivity contribution in [3.8, 4) is 22.9 Å². The van der Waals surface area contributed by atoms with Crippen LogP contribution in [0.25, 0.3) is 22.6 Å². The molecule has 0 fully saturated rings. The number of H-pyrrole nitrogens is 1. The number of hydrogen-bond acceptors (Lipinski definition) is 4. The lowest BCUT2D eigenvalue weighted by molar-refractivity contribution is 0.356. The first kappa shape index (κ1) is 12.5. The fraction of sp³-hybridized carbons (Fsp3) is 0.200. The molecule has 1 N–H and O–H groups in total. The monoisotopic (exact) mass is 269 g/mol. The van der Waals surface area contributed by atoms with Gasteiger partial charge in [-0.15, -0.1) is 0 Å². The first-order valence-corrected chi connectivity index (χ1v) is 6.27. The van der Waals surface area contributed by atoms with Gasteiger partial charge in [0.05, 0.1) is 25.3 Å². The number of hydrogen-bond donors (Lipinski definition) is 1. The molecule has 0 saturated carbocycles. The third-order valence-electron chi connectivity index (χ3n) is 3.26. The van der Waals surface area contributed by atoms with Crippen LogP contribution in [0.5, 0.6) is 11.5 Å². The van der Waals surface area contributed by atoms with E-state index in [9.17, 15) is 0 Å². The molecule has 0 saturated heterocycles. The molecule has 0 aliphatic heterocycles. The minimum atomic E-state index is 0.659. The second kappa shape index (κ2) is 4.85. The van der Waals surface area contributed by atoms with Gasteiger partial charge < -0.3 is 14.5 Å². The van der Waals surface area contributed by atoms with Gasteiger partial charge in [0, 0.05) is 6.20 Å². The Balaban J connectivity index is 2.23. The maximum absolute atomic E-state index is 5.44. The molecule has 5 nitrogen and oxygen atoms in total. The number of nitrogens with one attached hydrogen (secondary N) is 1. The molecular weight excluding hydrogens is 254 g/mol. The summed E-state index contributed by atoms with van der Waals surface area (Å²) in [5, 5.41) is 0. The summed E-state index contributed by atoms with van der Waals surface area (Å²) >= 11 is 0. The van der Waals surface area contributed by atoms with Crippen molar-refractivity contribution in [3.05, 3.63) is 36.0 Å². The zero-order valence-electron chi connectivity index (χ0n) is 11.6. The summed E-state index contributed by atoms with van der Waals surface area (Å²) in [6.07, 6.45) is 1.76. The van der Waals surface area contributed by atoms with E-state index in [0.29, 0.717) is 17.1 Å². The maximum atomic E-state index is 5.44. The topological polar surface area (TPSA) is 60.0 Å². The number of ether oxygens (including phenoxy) is 2. The molecule has 5 heteroatoms. The summed E-state index contributed by atoms with van der Waals surface area (Å²) in [6, 6.07) is 7.65. The summed E-state index contributed by atoms with van der Waals surface area (Å²) in [4.78, 5) is 12.1. The molecule has 3 rings (SSSR count). The largest absolute Gasteiger partial charge is 0.493 e. The molecule has 0 bridgehead atoms. The fourth-order valence-electron chi connectivity index (χ4n) is 2.24. The molecule has 2 heterocycles. The quantitative estimate of drug-likeness (QED) is 0.794. The number of benzene rings is 1. The van der Waals surface area contributed by atoms with Crippen LogP contribution in [0.2, 0.25) is 0 Å². The number of aromatic nitrogens is 3. The van der Waals surface area contributed by atoms with E-state index in [4.69, 9.17) is 9.47 Å². The number of imidazole rings is 1. The van der Waals surface area contributed by atoms with Crippen LogP contribution in [-0.2, 0) is 0 Å². The Hall–Kier alpha value is -2.56. The van der Waals surface area contributed by atoms with Crippen molar-refractivity contribution in [1.29, 1.82) is 0 Å². The van der Waals surface area contributed by atoms with Crippen molar-refractivity contribution in [2.24, 2.45) is 0 Å². The molecule has 0 aliphatic carbocycles. The summed E-state index contributed by atoms with van der Waals surface area (Å²) in [5.41, 5.74) is 3.59. The van der Waals surface area contributed by atoms with E-state index < -0.39 is 0 Å². The molecule has 0 spiro atoms. The molecule has 102 valence electrons. The predicted octanol–water partition coefficient (Wildman–Crippen LogP) is 2.95. The summed E-state index contributed by atoms with van der Waals surface area (Å²) in [6.45, 7) is 2.02. The second-order valence-electron chi connectivity index (χ2n) is 4.45. The van der Waals surface area contributed by atoms with E-state index in [1.807, 2.05) is 31.2 Å². The molecule has 20 heavy (non-hydrogen) atoms. The third kappa shape index (κ3) is 1.87. The van der Waals surface area contributed by atoms with E-state index in [-0.39, 0.29) is 0 Å². The zero-order valence-corrected chi connectivity index (χ0v) is 11.6. The number of para-hydroxylation sites is 1. The number of methoxy groups -OCH3 is 2. The lowest BCUT2D eigenvalue weighted by atomic mass is 10.1. The van der Waals surface area contributed by atoms with Crippen LogP contribution in [0.15, 0.2) is 30.5 Å². The zero-order chi connectivity index (χ0) is 14.1. The Bertz CT molecular complexity index is 765. The highest BCUT2D eigenvalue weighted by molar-refractivity contribution is 5.80. The van der Waals surface area contributed by atoms with Crippen molar-refractivity contribution in [3.63, 3.8) is 0 Å². The van der Waals surface area contributed by atoms with Crippen molar-refractivity contribution in [1.82, 2.24) is 15.0 Å². The fourth-order valence-corrected chi connectivity index (χ4v) is 2.24. The minimum Gasteiger partial charge on any atom is -0.493 e. The third-order valence-corrected chi connectivity index (χ3v) is 3.26. The maximum Gasteiger partial charge on any atom is 0.178 e. The van der Waals surface area contributed by atoms with Gasteiger partial charge >= 0.3 is 0 Å². The van der Waals surface area contributed by atoms with E-state index >= 15 is 0 Å². The van der Waals surface area contributed by atoms with Gasteiger partial charge in [0.15, 0.2) is 17.1 Å². The van der Waals surface area contributed by atoms with Crippen LogP contribution in [0.1, 0.15) is 5.56 Å². The van der Waals surface area contributed by atoms with E-state index in [1.165, 1.54) is 0 Å². The Morgan fingerprint density at radius 2 is 1.95 bits per heavy atom. The Morgan fingerprint density at radius 3 is 2.65 bits per heavy atom. The smallest absolute Gasteiger partial charge is 0.178 e. The first-order chi connectivity index (χ1) is 9.74.